The van der Waals surface area contributed by atoms with Gasteiger partial charge in [0.05, 0.1) is 26.2 Å². The van der Waals surface area contributed by atoms with Crippen molar-refractivity contribution in [3.63, 3.8) is 0 Å². The summed E-state index contributed by atoms with van der Waals surface area (Å²) in [7, 11) is 1.16. The summed E-state index contributed by atoms with van der Waals surface area (Å²) in [4.78, 5) is 35.4. The molecular weight excluding hydrogens is 256 g/mol. The first-order valence-electron chi connectivity index (χ1n) is 5.90. The van der Waals surface area contributed by atoms with Gasteiger partial charge in [-0.05, 0) is 6.92 Å². The Morgan fingerprint density at radius 2 is 2.21 bits per heavy atom. The minimum Gasteiger partial charge on any atom is -0.480 e. The maximum atomic E-state index is 11.9. The van der Waals surface area contributed by atoms with Gasteiger partial charge in [-0.25, -0.2) is 9.59 Å². The number of carboxylic acids is 1. The molecule has 0 radical (unpaired) electrons. The van der Waals surface area contributed by atoms with E-state index in [0.717, 1.165) is 7.11 Å². The highest BCUT2D eigenvalue weighted by atomic mass is 16.5. The Morgan fingerprint density at radius 3 is 2.74 bits per heavy atom. The van der Waals surface area contributed by atoms with Crippen LogP contribution in [0.4, 0.5) is 4.79 Å². The van der Waals surface area contributed by atoms with Crippen LogP contribution >= 0.6 is 0 Å². The van der Waals surface area contributed by atoms with E-state index in [-0.39, 0.29) is 6.10 Å². The number of carbonyl (C=O) groups excluding carboxylic acids is 2. The molecule has 0 aliphatic carbocycles. The van der Waals surface area contributed by atoms with E-state index in [9.17, 15) is 14.4 Å². The topological polar surface area (TPSA) is 105 Å². The van der Waals surface area contributed by atoms with Crippen LogP contribution in [-0.4, -0.2) is 66.9 Å². The summed E-state index contributed by atoms with van der Waals surface area (Å²) in [6.07, 6.45) is -0.499. The molecule has 8 nitrogen and oxygen atoms in total. The van der Waals surface area contributed by atoms with Crippen LogP contribution in [0.3, 0.4) is 0 Å². The van der Waals surface area contributed by atoms with Gasteiger partial charge in [-0.15, -0.1) is 0 Å². The number of methoxy groups -OCH3 is 1. The minimum absolute atomic E-state index is 0.0941. The van der Waals surface area contributed by atoms with Crippen molar-refractivity contribution in [2.24, 2.45) is 0 Å². The Hall–Kier alpha value is -1.83. The lowest BCUT2D eigenvalue weighted by Crippen LogP contribution is -2.53. The van der Waals surface area contributed by atoms with Crippen molar-refractivity contribution in [1.82, 2.24) is 10.2 Å². The molecule has 8 heteroatoms. The van der Waals surface area contributed by atoms with Crippen LogP contribution in [0.2, 0.25) is 0 Å². The molecule has 1 aliphatic heterocycles. The van der Waals surface area contributed by atoms with E-state index in [2.05, 4.69) is 10.1 Å². The molecule has 0 aromatic rings. The van der Waals surface area contributed by atoms with E-state index in [1.807, 2.05) is 6.92 Å². The van der Waals surface area contributed by atoms with Crippen molar-refractivity contribution in [2.75, 3.05) is 26.8 Å². The van der Waals surface area contributed by atoms with Crippen LogP contribution < -0.4 is 5.32 Å². The number of nitrogens with one attached hydrogen (secondary N) is 1. The first-order valence-corrected chi connectivity index (χ1v) is 5.90. The Labute approximate surface area is 110 Å². The molecule has 1 aliphatic rings. The summed E-state index contributed by atoms with van der Waals surface area (Å²) in [6.45, 7) is 3.00. The fourth-order valence-corrected chi connectivity index (χ4v) is 1.69. The van der Waals surface area contributed by atoms with Gasteiger partial charge in [0.25, 0.3) is 0 Å². The largest absolute Gasteiger partial charge is 0.480 e. The third-order valence-corrected chi connectivity index (χ3v) is 2.72. The van der Waals surface area contributed by atoms with Crippen molar-refractivity contribution in [2.45, 2.75) is 25.5 Å². The molecule has 0 aromatic carbocycles. The van der Waals surface area contributed by atoms with Crippen molar-refractivity contribution in [3.8, 4) is 0 Å². The van der Waals surface area contributed by atoms with Gasteiger partial charge in [0.15, 0.2) is 0 Å². The highest BCUT2D eigenvalue weighted by Gasteiger charge is 2.28. The molecule has 19 heavy (non-hydrogen) atoms. The highest BCUT2D eigenvalue weighted by molar-refractivity contribution is 5.86. The average Bonchev–Trinajstić information content (AvgIpc) is 2.37. The van der Waals surface area contributed by atoms with Crippen LogP contribution in [0.25, 0.3) is 0 Å². The third-order valence-electron chi connectivity index (χ3n) is 2.72. The lowest BCUT2D eigenvalue weighted by molar-refractivity contribution is -0.147. The summed E-state index contributed by atoms with van der Waals surface area (Å²) in [6, 6.07) is -1.82. The lowest BCUT2D eigenvalue weighted by Gasteiger charge is -2.31. The molecule has 0 spiro atoms. The molecule has 108 valence electrons. The van der Waals surface area contributed by atoms with Gasteiger partial charge in [-0.2, -0.15) is 0 Å². The summed E-state index contributed by atoms with van der Waals surface area (Å²) in [5, 5.41) is 11.3. The third kappa shape index (κ3) is 4.74. The van der Waals surface area contributed by atoms with Gasteiger partial charge >= 0.3 is 18.0 Å². The van der Waals surface area contributed by atoms with E-state index in [4.69, 9.17) is 9.84 Å². The molecule has 1 fully saturated rings. The van der Waals surface area contributed by atoms with Gasteiger partial charge in [0, 0.05) is 13.1 Å². The van der Waals surface area contributed by atoms with Gasteiger partial charge in [0.2, 0.25) is 0 Å². The fraction of sp³-hybridized carbons (Fsp3) is 0.727. The smallest absolute Gasteiger partial charge is 0.326 e. The van der Waals surface area contributed by atoms with Gasteiger partial charge in [-0.3, -0.25) is 4.79 Å². The summed E-state index contributed by atoms with van der Waals surface area (Å²) in [5.41, 5.74) is 0. The summed E-state index contributed by atoms with van der Waals surface area (Å²) < 4.78 is 9.67. The van der Waals surface area contributed by atoms with Gasteiger partial charge in [-0.1, -0.05) is 0 Å². The van der Waals surface area contributed by atoms with Crippen LogP contribution in [-0.2, 0) is 19.1 Å². The molecule has 2 atom stereocenters. The van der Waals surface area contributed by atoms with E-state index < -0.39 is 30.4 Å². The Kier molecular flexibility index (Phi) is 5.56. The number of morpholine rings is 1. The minimum atomic E-state index is -1.29. The number of nitrogens with zero attached hydrogens (tertiary/aromatic N) is 1. The number of carbonyl (C=O) groups is 3. The number of aliphatic carboxylic acids is 1. The van der Waals surface area contributed by atoms with Crippen molar-refractivity contribution < 1.29 is 29.0 Å². The number of amides is 2. The Balaban J connectivity index is 2.55. The van der Waals surface area contributed by atoms with Gasteiger partial charge in [0.1, 0.15) is 6.04 Å². The normalized spacial score (nSPS) is 20.5. The van der Waals surface area contributed by atoms with Crippen molar-refractivity contribution in [3.05, 3.63) is 0 Å². The van der Waals surface area contributed by atoms with Crippen molar-refractivity contribution in [1.29, 1.82) is 0 Å². The fourth-order valence-electron chi connectivity index (χ4n) is 1.69. The lowest BCUT2D eigenvalue weighted by atomic mass is 10.2. The predicted octanol–water partition coefficient (Wildman–Crippen LogP) is -0.567. The van der Waals surface area contributed by atoms with Crippen LogP contribution in [0.1, 0.15) is 13.3 Å². The molecular formula is C11H18N2O6. The molecule has 0 saturated carbocycles. The summed E-state index contributed by atoms with van der Waals surface area (Å²) >= 11 is 0. The predicted molar refractivity (Wildman–Crippen MR) is 63.6 cm³/mol. The molecule has 2 N–H and O–H groups in total. The molecule has 2 amide bonds. The quantitative estimate of drug-likeness (QED) is 0.665. The van der Waals surface area contributed by atoms with E-state index >= 15 is 0 Å². The number of esters is 1. The molecule has 1 heterocycles. The second-order valence-electron chi connectivity index (χ2n) is 4.25. The first kappa shape index (κ1) is 15.2. The summed E-state index contributed by atoms with van der Waals surface area (Å²) in [5.74, 6) is -1.97. The Morgan fingerprint density at radius 1 is 1.53 bits per heavy atom. The number of carboxylic acid groups (broad SMARTS) is 1. The molecule has 0 bridgehead atoms. The van der Waals surface area contributed by atoms with Crippen molar-refractivity contribution >= 4 is 18.0 Å². The standard InChI is InChI=1S/C11H18N2O6/c1-7-6-13(3-4-19-7)11(17)12-8(10(15)16)5-9(14)18-2/h7-8H,3-6H2,1-2H3,(H,12,17)(H,15,16)/t7?,8-/m0/s1. The number of hydrogen-bond acceptors (Lipinski definition) is 5. The number of hydrogen-bond donors (Lipinski definition) is 2. The van der Waals surface area contributed by atoms with Gasteiger partial charge < -0.3 is 24.8 Å². The second kappa shape index (κ2) is 6.93. The van der Waals surface area contributed by atoms with Crippen LogP contribution in [0, 0.1) is 0 Å². The molecule has 0 aromatic heterocycles. The Bertz CT molecular complexity index is 359. The van der Waals surface area contributed by atoms with Crippen LogP contribution in [0.5, 0.6) is 0 Å². The van der Waals surface area contributed by atoms with E-state index in [1.54, 1.807) is 0 Å². The molecule has 1 unspecified atom stereocenters. The SMILES string of the molecule is COC(=O)C[C@H](NC(=O)N1CCOC(C)C1)C(=O)O. The zero-order valence-corrected chi connectivity index (χ0v) is 10.9. The molecule has 1 rings (SSSR count). The van der Waals surface area contributed by atoms with Crippen LogP contribution in [0.15, 0.2) is 0 Å². The second-order valence-corrected chi connectivity index (χ2v) is 4.25. The zero-order chi connectivity index (χ0) is 14.4. The maximum absolute atomic E-state index is 11.9. The first-order chi connectivity index (χ1) is 8.93. The van der Waals surface area contributed by atoms with E-state index in [0.29, 0.717) is 19.7 Å². The average molecular weight is 274 g/mol. The number of ether oxygens (including phenoxy) is 2. The number of urea groups is 1. The zero-order valence-electron chi connectivity index (χ0n) is 10.9. The number of rotatable bonds is 4. The maximum Gasteiger partial charge on any atom is 0.326 e. The monoisotopic (exact) mass is 274 g/mol. The highest BCUT2D eigenvalue weighted by Crippen LogP contribution is 2.05. The molecule has 1 saturated heterocycles. The van der Waals surface area contributed by atoms with E-state index in [1.165, 1.54) is 4.90 Å².